The lowest BCUT2D eigenvalue weighted by atomic mass is 10.0. The molecule has 0 saturated carbocycles. The summed E-state index contributed by atoms with van der Waals surface area (Å²) < 4.78 is 5.30. The van der Waals surface area contributed by atoms with Crippen LogP contribution in [0.2, 0.25) is 5.02 Å². The van der Waals surface area contributed by atoms with Crippen LogP contribution in [-0.2, 0) is 4.79 Å². The SMILES string of the molecule is CCC(CC)C(=O)Oc1ccc(Cl)c(C)c1. The van der Waals surface area contributed by atoms with Crippen LogP contribution in [0.1, 0.15) is 32.3 Å². The molecular weight excluding hydrogens is 224 g/mol. The molecule has 0 spiro atoms. The first-order valence-electron chi connectivity index (χ1n) is 5.56. The molecular formula is C13H17ClO2. The maximum atomic E-state index is 11.7. The van der Waals surface area contributed by atoms with Crippen LogP contribution in [0.15, 0.2) is 18.2 Å². The highest BCUT2D eigenvalue weighted by Crippen LogP contribution is 2.22. The van der Waals surface area contributed by atoms with Gasteiger partial charge >= 0.3 is 5.97 Å². The van der Waals surface area contributed by atoms with Gasteiger partial charge in [0.25, 0.3) is 0 Å². The Morgan fingerprint density at radius 1 is 1.38 bits per heavy atom. The number of hydrogen-bond donors (Lipinski definition) is 0. The van der Waals surface area contributed by atoms with Gasteiger partial charge in [-0.2, -0.15) is 0 Å². The first-order valence-corrected chi connectivity index (χ1v) is 5.94. The average molecular weight is 241 g/mol. The van der Waals surface area contributed by atoms with Crippen molar-refractivity contribution in [3.63, 3.8) is 0 Å². The molecule has 0 fully saturated rings. The van der Waals surface area contributed by atoms with Gasteiger partial charge in [0, 0.05) is 5.02 Å². The van der Waals surface area contributed by atoms with Crippen LogP contribution in [0.5, 0.6) is 5.75 Å². The summed E-state index contributed by atoms with van der Waals surface area (Å²) in [6.07, 6.45) is 1.61. The summed E-state index contributed by atoms with van der Waals surface area (Å²) in [6, 6.07) is 5.24. The van der Waals surface area contributed by atoms with Gasteiger partial charge in [-0.05, 0) is 43.5 Å². The molecule has 0 aliphatic heterocycles. The van der Waals surface area contributed by atoms with E-state index in [0.29, 0.717) is 10.8 Å². The molecule has 0 aliphatic rings. The molecule has 1 rings (SSSR count). The van der Waals surface area contributed by atoms with Crippen molar-refractivity contribution in [3.05, 3.63) is 28.8 Å². The van der Waals surface area contributed by atoms with E-state index in [0.717, 1.165) is 18.4 Å². The second-order valence-corrected chi connectivity index (χ2v) is 4.25. The van der Waals surface area contributed by atoms with Crippen molar-refractivity contribution in [2.24, 2.45) is 5.92 Å². The van der Waals surface area contributed by atoms with E-state index < -0.39 is 0 Å². The largest absolute Gasteiger partial charge is 0.426 e. The minimum atomic E-state index is -0.160. The summed E-state index contributed by atoms with van der Waals surface area (Å²) in [5.41, 5.74) is 0.913. The molecule has 0 bridgehead atoms. The van der Waals surface area contributed by atoms with Crippen molar-refractivity contribution in [1.82, 2.24) is 0 Å². The molecule has 0 aliphatic carbocycles. The number of aryl methyl sites for hydroxylation is 1. The number of ether oxygens (including phenoxy) is 1. The molecule has 1 aromatic rings. The Morgan fingerprint density at radius 2 is 2.00 bits per heavy atom. The molecule has 0 heterocycles. The Labute approximate surface area is 102 Å². The van der Waals surface area contributed by atoms with Crippen LogP contribution >= 0.6 is 11.6 Å². The van der Waals surface area contributed by atoms with Gasteiger partial charge in [0.1, 0.15) is 5.75 Å². The molecule has 16 heavy (non-hydrogen) atoms. The smallest absolute Gasteiger partial charge is 0.314 e. The summed E-state index contributed by atoms with van der Waals surface area (Å²) in [5, 5.41) is 0.683. The van der Waals surface area contributed by atoms with Gasteiger partial charge in [0.2, 0.25) is 0 Å². The third-order valence-corrected chi connectivity index (χ3v) is 3.09. The number of carbonyl (C=O) groups is 1. The fraction of sp³-hybridized carbons (Fsp3) is 0.462. The number of halogens is 1. The van der Waals surface area contributed by atoms with E-state index in [1.165, 1.54) is 0 Å². The Balaban J connectivity index is 2.73. The Kier molecular flexibility index (Phi) is 4.81. The predicted molar refractivity (Wildman–Crippen MR) is 65.9 cm³/mol. The zero-order valence-corrected chi connectivity index (χ0v) is 10.7. The van der Waals surface area contributed by atoms with Gasteiger partial charge < -0.3 is 4.74 Å². The number of hydrogen-bond acceptors (Lipinski definition) is 2. The monoisotopic (exact) mass is 240 g/mol. The van der Waals surface area contributed by atoms with Crippen LogP contribution in [-0.4, -0.2) is 5.97 Å². The standard InChI is InChI=1S/C13H17ClO2/c1-4-10(5-2)13(15)16-11-6-7-12(14)9(3)8-11/h6-8,10H,4-5H2,1-3H3. The normalized spacial score (nSPS) is 10.6. The summed E-state index contributed by atoms with van der Waals surface area (Å²) in [4.78, 5) is 11.7. The Hall–Kier alpha value is -1.02. The highest BCUT2D eigenvalue weighted by molar-refractivity contribution is 6.31. The second-order valence-electron chi connectivity index (χ2n) is 3.85. The van der Waals surface area contributed by atoms with Crippen LogP contribution in [0.25, 0.3) is 0 Å². The molecule has 3 heteroatoms. The van der Waals surface area contributed by atoms with Gasteiger partial charge in [-0.25, -0.2) is 0 Å². The molecule has 1 aromatic carbocycles. The molecule has 0 N–H and O–H groups in total. The van der Waals surface area contributed by atoms with Crippen molar-refractivity contribution >= 4 is 17.6 Å². The highest BCUT2D eigenvalue weighted by atomic mass is 35.5. The minimum Gasteiger partial charge on any atom is -0.426 e. The topological polar surface area (TPSA) is 26.3 Å². The highest BCUT2D eigenvalue weighted by Gasteiger charge is 2.16. The number of carbonyl (C=O) groups excluding carboxylic acids is 1. The Bertz CT molecular complexity index is 370. The molecule has 2 nitrogen and oxygen atoms in total. The van der Waals surface area contributed by atoms with Gasteiger partial charge in [-0.1, -0.05) is 25.4 Å². The van der Waals surface area contributed by atoms with Crippen molar-refractivity contribution < 1.29 is 9.53 Å². The molecule has 0 saturated heterocycles. The van der Waals surface area contributed by atoms with Gasteiger partial charge in [-0.15, -0.1) is 0 Å². The third kappa shape index (κ3) is 3.24. The van der Waals surface area contributed by atoms with Crippen molar-refractivity contribution in [2.45, 2.75) is 33.6 Å². The predicted octanol–water partition coefficient (Wildman–Crippen LogP) is 3.99. The minimum absolute atomic E-state index is 0.0176. The summed E-state index contributed by atoms with van der Waals surface area (Å²) in [7, 11) is 0. The van der Waals surface area contributed by atoms with E-state index >= 15 is 0 Å². The van der Waals surface area contributed by atoms with Crippen molar-refractivity contribution in [3.8, 4) is 5.75 Å². The van der Waals surface area contributed by atoms with Crippen LogP contribution in [0.4, 0.5) is 0 Å². The van der Waals surface area contributed by atoms with E-state index in [-0.39, 0.29) is 11.9 Å². The molecule has 0 radical (unpaired) electrons. The number of esters is 1. The fourth-order valence-electron chi connectivity index (χ4n) is 1.50. The summed E-state index contributed by atoms with van der Waals surface area (Å²) >= 11 is 5.89. The average Bonchev–Trinajstić information content (AvgIpc) is 2.25. The first-order chi connectivity index (χ1) is 7.58. The van der Waals surface area contributed by atoms with Gasteiger partial charge in [0.05, 0.1) is 5.92 Å². The second kappa shape index (κ2) is 5.90. The number of rotatable bonds is 4. The Morgan fingerprint density at radius 3 is 2.50 bits per heavy atom. The van der Waals surface area contributed by atoms with Gasteiger partial charge in [0.15, 0.2) is 0 Å². The summed E-state index contributed by atoms with van der Waals surface area (Å²) in [6.45, 7) is 5.86. The zero-order valence-electron chi connectivity index (χ0n) is 9.92. The van der Waals surface area contributed by atoms with Crippen molar-refractivity contribution in [2.75, 3.05) is 0 Å². The lowest BCUT2D eigenvalue weighted by Crippen LogP contribution is -2.19. The molecule has 0 amide bonds. The van der Waals surface area contributed by atoms with E-state index in [9.17, 15) is 4.79 Å². The number of benzene rings is 1. The van der Waals surface area contributed by atoms with Crippen LogP contribution < -0.4 is 4.74 Å². The van der Waals surface area contributed by atoms with Crippen molar-refractivity contribution in [1.29, 1.82) is 0 Å². The van der Waals surface area contributed by atoms with Gasteiger partial charge in [-0.3, -0.25) is 4.79 Å². The molecule has 0 atom stereocenters. The molecule has 0 unspecified atom stereocenters. The maximum Gasteiger partial charge on any atom is 0.314 e. The third-order valence-electron chi connectivity index (χ3n) is 2.67. The molecule has 0 aromatic heterocycles. The van der Waals surface area contributed by atoms with E-state index in [4.69, 9.17) is 16.3 Å². The van der Waals surface area contributed by atoms with Crippen LogP contribution in [0.3, 0.4) is 0 Å². The fourth-order valence-corrected chi connectivity index (χ4v) is 1.62. The first kappa shape index (κ1) is 13.0. The quantitative estimate of drug-likeness (QED) is 0.588. The zero-order chi connectivity index (χ0) is 12.1. The lowest BCUT2D eigenvalue weighted by molar-refractivity contribution is -0.139. The maximum absolute atomic E-state index is 11.7. The molecule has 88 valence electrons. The van der Waals surface area contributed by atoms with E-state index in [1.54, 1.807) is 18.2 Å². The van der Waals surface area contributed by atoms with Crippen LogP contribution in [0, 0.1) is 12.8 Å². The van der Waals surface area contributed by atoms with E-state index in [2.05, 4.69) is 0 Å². The van der Waals surface area contributed by atoms with E-state index in [1.807, 2.05) is 20.8 Å². The lowest BCUT2D eigenvalue weighted by Gasteiger charge is -2.12. The summed E-state index contributed by atoms with van der Waals surface area (Å²) in [5.74, 6) is 0.390.